The average molecular weight is 235 g/mol. The normalized spacial score (nSPS) is 15.9. The zero-order valence-corrected chi connectivity index (χ0v) is 10.9. The molecule has 1 aliphatic rings. The van der Waals surface area contributed by atoms with Gasteiger partial charge >= 0.3 is 0 Å². The van der Waals surface area contributed by atoms with Gasteiger partial charge in [0.05, 0.1) is 14.2 Å². The van der Waals surface area contributed by atoms with Crippen molar-refractivity contribution in [3.05, 3.63) is 18.2 Å². The molecule has 0 bridgehead atoms. The first-order valence-corrected chi connectivity index (χ1v) is 6.21. The molecule has 0 saturated heterocycles. The fraction of sp³-hybridized carbons (Fsp3) is 0.571. The minimum Gasteiger partial charge on any atom is -0.493 e. The molecule has 0 aromatic heterocycles. The summed E-state index contributed by atoms with van der Waals surface area (Å²) in [4.78, 5) is 2.36. The molecule has 1 aliphatic carbocycles. The van der Waals surface area contributed by atoms with Crippen LogP contribution in [0.1, 0.15) is 25.7 Å². The Morgan fingerprint density at radius 2 is 1.71 bits per heavy atom. The first kappa shape index (κ1) is 12.1. The van der Waals surface area contributed by atoms with Gasteiger partial charge in [0.25, 0.3) is 0 Å². The summed E-state index contributed by atoms with van der Waals surface area (Å²) in [5.41, 5.74) is 1.20. The number of ether oxygens (including phenoxy) is 2. The maximum atomic E-state index is 5.34. The predicted molar refractivity (Wildman–Crippen MR) is 70.2 cm³/mol. The Hall–Kier alpha value is -1.38. The molecule has 0 aliphatic heterocycles. The van der Waals surface area contributed by atoms with Crippen LogP contribution in [0, 0.1) is 0 Å². The minimum absolute atomic E-state index is 0.674. The highest BCUT2D eigenvalue weighted by atomic mass is 16.5. The van der Waals surface area contributed by atoms with E-state index >= 15 is 0 Å². The summed E-state index contributed by atoms with van der Waals surface area (Å²) in [7, 11) is 5.51. The van der Waals surface area contributed by atoms with Gasteiger partial charge in [-0.1, -0.05) is 12.8 Å². The molecule has 0 N–H and O–H groups in total. The lowest BCUT2D eigenvalue weighted by molar-refractivity contribution is 0.355. The molecule has 3 heteroatoms. The second-order valence-electron chi connectivity index (χ2n) is 4.59. The van der Waals surface area contributed by atoms with E-state index in [-0.39, 0.29) is 0 Å². The molecule has 0 unspecified atom stereocenters. The fourth-order valence-corrected chi connectivity index (χ4v) is 2.55. The first-order chi connectivity index (χ1) is 8.26. The van der Waals surface area contributed by atoms with Crippen LogP contribution in [0.25, 0.3) is 0 Å². The highest BCUT2D eigenvalue weighted by Gasteiger charge is 2.20. The van der Waals surface area contributed by atoms with E-state index in [9.17, 15) is 0 Å². The third kappa shape index (κ3) is 2.48. The molecule has 0 radical (unpaired) electrons. The molecule has 2 rings (SSSR count). The van der Waals surface area contributed by atoms with Crippen molar-refractivity contribution in [2.45, 2.75) is 31.7 Å². The van der Waals surface area contributed by atoms with Crippen LogP contribution in [0.5, 0.6) is 11.5 Å². The van der Waals surface area contributed by atoms with Gasteiger partial charge in [-0.05, 0) is 25.0 Å². The van der Waals surface area contributed by atoms with Crippen LogP contribution in [0.2, 0.25) is 0 Å². The van der Waals surface area contributed by atoms with E-state index in [4.69, 9.17) is 9.47 Å². The van der Waals surface area contributed by atoms with Gasteiger partial charge < -0.3 is 14.4 Å². The van der Waals surface area contributed by atoms with Crippen molar-refractivity contribution in [3.8, 4) is 11.5 Å². The Labute approximate surface area is 103 Å². The molecule has 1 fully saturated rings. The second kappa shape index (κ2) is 5.30. The number of hydrogen-bond donors (Lipinski definition) is 0. The van der Waals surface area contributed by atoms with Crippen molar-refractivity contribution in [2.75, 3.05) is 26.2 Å². The van der Waals surface area contributed by atoms with Gasteiger partial charge in [0.2, 0.25) is 0 Å². The molecule has 0 atom stereocenters. The van der Waals surface area contributed by atoms with Gasteiger partial charge in [-0.3, -0.25) is 0 Å². The average Bonchev–Trinajstić information content (AvgIpc) is 2.90. The Balaban J connectivity index is 2.20. The van der Waals surface area contributed by atoms with E-state index in [1.54, 1.807) is 14.2 Å². The van der Waals surface area contributed by atoms with E-state index in [1.807, 2.05) is 6.07 Å². The molecule has 94 valence electrons. The first-order valence-electron chi connectivity index (χ1n) is 6.21. The maximum Gasteiger partial charge on any atom is 0.162 e. The van der Waals surface area contributed by atoms with Crippen molar-refractivity contribution < 1.29 is 9.47 Å². The van der Waals surface area contributed by atoms with Crippen LogP contribution >= 0.6 is 0 Å². The lowest BCUT2D eigenvalue weighted by Crippen LogP contribution is -2.28. The molecule has 1 aromatic rings. The van der Waals surface area contributed by atoms with Crippen LogP contribution in [0.4, 0.5) is 5.69 Å². The van der Waals surface area contributed by atoms with Crippen LogP contribution in [-0.4, -0.2) is 27.3 Å². The van der Waals surface area contributed by atoms with E-state index in [1.165, 1.54) is 31.4 Å². The largest absolute Gasteiger partial charge is 0.493 e. The topological polar surface area (TPSA) is 21.7 Å². The van der Waals surface area contributed by atoms with Crippen molar-refractivity contribution in [1.29, 1.82) is 0 Å². The molecule has 1 saturated carbocycles. The van der Waals surface area contributed by atoms with Gasteiger partial charge in [0.1, 0.15) is 0 Å². The molecule has 1 aromatic carbocycles. The molecular weight excluding hydrogens is 214 g/mol. The number of rotatable bonds is 4. The summed E-state index contributed by atoms with van der Waals surface area (Å²) in [6.07, 6.45) is 5.29. The SMILES string of the molecule is COc1ccc(N(C)C2CCCC2)cc1OC. The van der Waals surface area contributed by atoms with Crippen LogP contribution in [0.3, 0.4) is 0 Å². The molecule has 3 nitrogen and oxygen atoms in total. The predicted octanol–water partition coefficient (Wildman–Crippen LogP) is 3.08. The van der Waals surface area contributed by atoms with E-state index in [2.05, 4.69) is 24.1 Å². The number of benzene rings is 1. The molecule has 0 heterocycles. The van der Waals surface area contributed by atoms with E-state index < -0.39 is 0 Å². The van der Waals surface area contributed by atoms with Crippen molar-refractivity contribution in [1.82, 2.24) is 0 Å². The van der Waals surface area contributed by atoms with Gasteiger partial charge in [0.15, 0.2) is 11.5 Å². The Bertz CT molecular complexity index is 372. The van der Waals surface area contributed by atoms with E-state index in [0.29, 0.717) is 6.04 Å². The van der Waals surface area contributed by atoms with E-state index in [0.717, 1.165) is 11.5 Å². The summed E-state index contributed by atoms with van der Waals surface area (Å²) >= 11 is 0. The van der Waals surface area contributed by atoms with Gasteiger partial charge in [-0.25, -0.2) is 0 Å². The van der Waals surface area contributed by atoms with Gasteiger partial charge in [-0.15, -0.1) is 0 Å². The monoisotopic (exact) mass is 235 g/mol. The highest BCUT2D eigenvalue weighted by Crippen LogP contribution is 2.34. The molecule has 0 amide bonds. The van der Waals surface area contributed by atoms with Gasteiger partial charge in [-0.2, -0.15) is 0 Å². The zero-order valence-electron chi connectivity index (χ0n) is 10.9. The maximum absolute atomic E-state index is 5.34. The van der Waals surface area contributed by atoms with Crippen LogP contribution in [0.15, 0.2) is 18.2 Å². The van der Waals surface area contributed by atoms with Crippen molar-refractivity contribution >= 4 is 5.69 Å². The molecule has 17 heavy (non-hydrogen) atoms. The Morgan fingerprint density at radius 1 is 1.06 bits per heavy atom. The third-order valence-electron chi connectivity index (χ3n) is 3.65. The third-order valence-corrected chi connectivity index (χ3v) is 3.65. The minimum atomic E-state index is 0.674. The molecular formula is C14H21NO2. The van der Waals surface area contributed by atoms with Crippen molar-refractivity contribution in [3.63, 3.8) is 0 Å². The number of nitrogens with zero attached hydrogens (tertiary/aromatic N) is 1. The quantitative estimate of drug-likeness (QED) is 0.800. The summed E-state index contributed by atoms with van der Waals surface area (Å²) < 4.78 is 10.6. The number of anilines is 1. The Morgan fingerprint density at radius 3 is 2.29 bits per heavy atom. The lowest BCUT2D eigenvalue weighted by atomic mass is 10.2. The fourth-order valence-electron chi connectivity index (χ4n) is 2.55. The summed E-state index contributed by atoms with van der Waals surface area (Å²) in [6.45, 7) is 0. The summed E-state index contributed by atoms with van der Waals surface area (Å²) in [6, 6.07) is 6.80. The Kier molecular flexibility index (Phi) is 3.77. The lowest BCUT2D eigenvalue weighted by Gasteiger charge is -2.27. The smallest absolute Gasteiger partial charge is 0.162 e. The summed E-state index contributed by atoms with van der Waals surface area (Å²) in [5.74, 6) is 1.59. The second-order valence-corrected chi connectivity index (χ2v) is 4.59. The summed E-state index contributed by atoms with van der Waals surface area (Å²) in [5, 5.41) is 0. The standard InChI is InChI=1S/C14H21NO2/c1-15(11-6-4-5-7-11)12-8-9-13(16-2)14(10-12)17-3/h8-11H,4-7H2,1-3H3. The highest BCUT2D eigenvalue weighted by molar-refractivity contribution is 5.56. The number of methoxy groups -OCH3 is 2. The molecule has 0 spiro atoms. The van der Waals surface area contributed by atoms with Crippen LogP contribution in [-0.2, 0) is 0 Å². The van der Waals surface area contributed by atoms with Crippen LogP contribution < -0.4 is 14.4 Å². The zero-order chi connectivity index (χ0) is 12.3. The number of hydrogen-bond acceptors (Lipinski definition) is 3. The van der Waals surface area contributed by atoms with Gasteiger partial charge in [0, 0.05) is 24.8 Å². The van der Waals surface area contributed by atoms with Crippen molar-refractivity contribution in [2.24, 2.45) is 0 Å².